The number of rotatable bonds is 2. The lowest BCUT2D eigenvalue weighted by atomic mass is 10.3. The molecule has 3 aromatic rings. The Kier molecular flexibility index (Phi) is 4.24. The van der Waals surface area contributed by atoms with Gasteiger partial charge in [0.1, 0.15) is 5.82 Å². The summed E-state index contributed by atoms with van der Waals surface area (Å²) in [7, 11) is 0. The number of para-hydroxylation sites is 2. The molecule has 0 aliphatic carbocycles. The van der Waals surface area contributed by atoms with E-state index in [0.29, 0.717) is 27.6 Å². The van der Waals surface area contributed by atoms with Crippen LogP contribution < -0.4 is 5.01 Å². The lowest BCUT2D eigenvalue weighted by molar-refractivity contribution is 0.0790. The van der Waals surface area contributed by atoms with Crippen LogP contribution in [0, 0.1) is 0 Å². The van der Waals surface area contributed by atoms with Crippen LogP contribution >= 0.6 is 11.6 Å². The minimum absolute atomic E-state index is 0.231. The molecule has 1 aromatic heterocycles. The van der Waals surface area contributed by atoms with Crippen LogP contribution in [0.25, 0.3) is 11.0 Å². The molecule has 2 heterocycles. The van der Waals surface area contributed by atoms with Gasteiger partial charge in [-0.3, -0.25) is 5.01 Å². The number of anilines is 1. The molecular formula is C19H17ClN4O3. The number of aromatic nitrogens is 2. The zero-order valence-electron chi connectivity index (χ0n) is 14.8. The molecule has 0 bridgehead atoms. The highest BCUT2D eigenvalue weighted by molar-refractivity contribution is 6.30. The molecule has 138 valence electrons. The Balaban J connectivity index is 1.85. The van der Waals surface area contributed by atoms with E-state index in [1.807, 2.05) is 18.2 Å². The van der Waals surface area contributed by atoms with E-state index >= 15 is 0 Å². The quantitative estimate of drug-likeness (QED) is 0.653. The van der Waals surface area contributed by atoms with E-state index in [2.05, 4.69) is 4.98 Å². The van der Waals surface area contributed by atoms with Crippen molar-refractivity contribution in [2.75, 3.05) is 5.01 Å². The number of hydrazine groups is 1. The van der Waals surface area contributed by atoms with E-state index in [-0.39, 0.29) is 12.6 Å². The van der Waals surface area contributed by atoms with Gasteiger partial charge < -0.3 is 4.74 Å². The molecule has 0 N–H and O–H groups in total. The second-order valence-corrected chi connectivity index (χ2v) is 6.85. The van der Waals surface area contributed by atoms with E-state index in [0.717, 1.165) is 5.01 Å². The minimum atomic E-state index is -0.742. The third-order valence-corrected chi connectivity index (χ3v) is 4.42. The van der Waals surface area contributed by atoms with Gasteiger partial charge in [-0.05, 0) is 50.2 Å². The Morgan fingerprint density at radius 1 is 1.15 bits per heavy atom. The molecule has 0 fully saturated rings. The molecule has 0 spiro atoms. The van der Waals surface area contributed by atoms with Crippen LogP contribution in [-0.2, 0) is 11.3 Å². The molecule has 7 nitrogen and oxygen atoms in total. The maximum Gasteiger partial charge on any atom is 0.437 e. The summed E-state index contributed by atoms with van der Waals surface area (Å²) in [5.74, 6) is 0.546. The van der Waals surface area contributed by atoms with Crippen molar-refractivity contribution in [2.24, 2.45) is 0 Å². The van der Waals surface area contributed by atoms with E-state index in [9.17, 15) is 9.59 Å². The Hall–Kier alpha value is -3.06. The summed E-state index contributed by atoms with van der Waals surface area (Å²) in [6.45, 7) is 3.70. The first-order valence-electron chi connectivity index (χ1n) is 8.50. The predicted octanol–water partition coefficient (Wildman–Crippen LogP) is 4.44. The molecule has 1 aliphatic heterocycles. The van der Waals surface area contributed by atoms with Crippen LogP contribution in [0.3, 0.4) is 0 Å². The molecule has 1 aliphatic rings. The highest BCUT2D eigenvalue weighted by atomic mass is 35.5. The van der Waals surface area contributed by atoms with Crippen LogP contribution in [0.4, 0.5) is 15.3 Å². The average molecular weight is 385 g/mol. The number of carbonyl (C=O) groups excluding carboxylic acids is 2. The van der Waals surface area contributed by atoms with Gasteiger partial charge in [-0.15, -0.1) is 5.01 Å². The Morgan fingerprint density at radius 2 is 1.85 bits per heavy atom. The van der Waals surface area contributed by atoms with E-state index < -0.39 is 12.1 Å². The van der Waals surface area contributed by atoms with Gasteiger partial charge in [-0.2, -0.15) is 0 Å². The summed E-state index contributed by atoms with van der Waals surface area (Å²) in [4.78, 5) is 30.5. The number of imide groups is 1. The van der Waals surface area contributed by atoms with Crippen molar-refractivity contribution in [1.82, 2.24) is 14.6 Å². The third-order valence-electron chi connectivity index (χ3n) is 4.17. The molecule has 0 saturated carbocycles. The maximum atomic E-state index is 13.2. The summed E-state index contributed by atoms with van der Waals surface area (Å²) in [5.41, 5.74) is 1.97. The second-order valence-electron chi connectivity index (χ2n) is 6.41. The largest absolute Gasteiger partial charge is 0.445 e. The van der Waals surface area contributed by atoms with E-state index in [1.165, 1.54) is 4.57 Å². The summed E-state index contributed by atoms with van der Waals surface area (Å²) in [5, 5.41) is 3.11. The lowest BCUT2D eigenvalue weighted by Crippen LogP contribution is -2.56. The standard InChI is InChI=1S/C19H17ClN4O3/c1-12(2)27-19(26)24-18(25)23-16-6-4-3-5-15(16)21-17(23)11-22(24)14-9-7-13(20)8-10-14/h3-10,12H,11H2,1-2H3. The predicted molar refractivity (Wildman–Crippen MR) is 102 cm³/mol. The van der Waals surface area contributed by atoms with Gasteiger partial charge >= 0.3 is 12.1 Å². The Morgan fingerprint density at radius 3 is 2.56 bits per heavy atom. The Bertz CT molecular complexity index is 1030. The first kappa shape index (κ1) is 17.4. The fourth-order valence-corrected chi connectivity index (χ4v) is 3.17. The fraction of sp³-hybridized carbons (Fsp3) is 0.211. The highest BCUT2D eigenvalue weighted by Crippen LogP contribution is 2.29. The van der Waals surface area contributed by atoms with Gasteiger partial charge in [0.25, 0.3) is 0 Å². The molecule has 4 rings (SSSR count). The van der Waals surface area contributed by atoms with E-state index in [4.69, 9.17) is 16.3 Å². The summed E-state index contributed by atoms with van der Waals surface area (Å²) in [6.07, 6.45) is -1.10. The molecule has 2 aromatic carbocycles. The minimum Gasteiger partial charge on any atom is -0.445 e. The number of halogens is 1. The number of hydrogen-bond donors (Lipinski definition) is 0. The number of hydrogen-bond acceptors (Lipinski definition) is 5. The number of nitrogens with zero attached hydrogens (tertiary/aromatic N) is 4. The fourth-order valence-electron chi connectivity index (χ4n) is 3.05. The molecular weight excluding hydrogens is 368 g/mol. The molecule has 2 amide bonds. The first-order valence-corrected chi connectivity index (χ1v) is 8.88. The van der Waals surface area contributed by atoms with Crippen molar-refractivity contribution in [3.05, 3.63) is 59.4 Å². The zero-order valence-corrected chi connectivity index (χ0v) is 15.6. The van der Waals surface area contributed by atoms with Gasteiger partial charge in [0, 0.05) is 5.02 Å². The molecule has 8 heteroatoms. The molecule has 0 saturated heterocycles. The van der Waals surface area contributed by atoms with Crippen LogP contribution in [0.15, 0.2) is 48.5 Å². The number of carbonyl (C=O) groups is 2. The summed E-state index contributed by atoms with van der Waals surface area (Å²) < 4.78 is 6.75. The molecule has 27 heavy (non-hydrogen) atoms. The monoisotopic (exact) mass is 384 g/mol. The molecule has 0 radical (unpaired) electrons. The molecule has 0 unspecified atom stereocenters. The lowest BCUT2D eigenvalue weighted by Gasteiger charge is -2.37. The number of benzene rings is 2. The highest BCUT2D eigenvalue weighted by Gasteiger charge is 2.39. The van der Waals surface area contributed by atoms with Crippen molar-refractivity contribution in [3.8, 4) is 0 Å². The van der Waals surface area contributed by atoms with Crippen LogP contribution in [0.2, 0.25) is 5.02 Å². The third kappa shape index (κ3) is 3.00. The van der Waals surface area contributed by atoms with Gasteiger partial charge in [-0.1, -0.05) is 23.7 Å². The summed E-state index contributed by atoms with van der Waals surface area (Å²) in [6, 6.07) is 13.7. The van der Waals surface area contributed by atoms with Crippen LogP contribution in [0.1, 0.15) is 19.7 Å². The van der Waals surface area contributed by atoms with Gasteiger partial charge in [0.05, 0.1) is 29.4 Å². The van der Waals surface area contributed by atoms with Gasteiger partial charge in [-0.25, -0.2) is 19.1 Å². The topological polar surface area (TPSA) is 67.7 Å². The van der Waals surface area contributed by atoms with Crippen LogP contribution in [0.5, 0.6) is 0 Å². The number of amides is 2. The first-order chi connectivity index (χ1) is 13.0. The SMILES string of the molecule is CC(C)OC(=O)N1C(=O)n2c(nc3ccccc32)CN1c1ccc(Cl)cc1. The second kappa shape index (κ2) is 6.59. The number of imidazole rings is 1. The normalized spacial score (nSPS) is 14.0. The zero-order chi connectivity index (χ0) is 19.1. The van der Waals surface area contributed by atoms with Crippen molar-refractivity contribution in [1.29, 1.82) is 0 Å². The maximum absolute atomic E-state index is 13.2. The average Bonchev–Trinajstić information content (AvgIpc) is 3.00. The summed E-state index contributed by atoms with van der Waals surface area (Å²) >= 11 is 5.97. The van der Waals surface area contributed by atoms with Crippen LogP contribution in [-0.4, -0.2) is 32.8 Å². The molecule has 0 atom stereocenters. The number of ether oxygens (including phenoxy) is 1. The van der Waals surface area contributed by atoms with Gasteiger partial charge in [0.15, 0.2) is 0 Å². The van der Waals surface area contributed by atoms with Crippen molar-refractivity contribution >= 4 is 40.4 Å². The van der Waals surface area contributed by atoms with Crippen molar-refractivity contribution < 1.29 is 14.3 Å². The van der Waals surface area contributed by atoms with Crippen molar-refractivity contribution in [2.45, 2.75) is 26.5 Å². The van der Waals surface area contributed by atoms with E-state index in [1.54, 1.807) is 49.2 Å². The number of fused-ring (bicyclic) bond motifs is 3. The Labute approximate surface area is 160 Å². The van der Waals surface area contributed by atoms with Crippen molar-refractivity contribution in [3.63, 3.8) is 0 Å². The smallest absolute Gasteiger partial charge is 0.437 e. The van der Waals surface area contributed by atoms with Gasteiger partial charge in [0.2, 0.25) is 0 Å².